The lowest BCUT2D eigenvalue weighted by Crippen LogP contribution is -2.42. The van der Waals surface area contributed by atoms with Crippen LogP contribution in [0.2, 0.25) is 5.02 Å². The summed E-state index contributed by atoms with van der Waals surface area (Å²) < 4.78 is 10.6. The highest BCUT2D eigenvalue weighted by atomic mass is 35.5. The number of halogens is 1. The van der Waals surface area contributed by atoms with Gasteiger partial charge in [0, 0.05) is 11.2 Å². The van der Waals surface area contributed by atoms with Crippen LogP contribution in [-0.2, 0) is 9.53 Å². The third kappa shape index (κ3) is 4.14. The summed E-state index contributed by atoms with van der Waals surface area (Å²) in [7, 11) is 0. The zero-order chi connectivity index (χ0) is 20.2. The number of carbonyl (C=O) groups is 2. The molecule has 0 aliphatic carbocycles. The zero-order valence-electron chi connectivity index (χ0n) is 15.1. The molecule has 1 amide bonds. The third-order valence-electron chi connectivity index (χ3n) is 4.30. The van der Waals surface area contributed by atoms with Gasteiger partial charge >= 0.3 is 5.97 Å². The number of pyridine rings is 1. The number of nitrogens with one attached hydrogen (secondary N) is 1. The van der Waals surface area contributed by atoms with Crippen LogP contribution in [0.4, 0.5) is 0 Å². The first-order valence-electron chi connectivity index (χ1n) is 8.80. The number of furan rings is 1. The normalized spacial score (nSPS) is 15.6. The van der Waals surface area contributed by atoms with Crippen LogP contribution in [-0.4, -0.2) is 28.5 Å². The molecule has 1 aliphatic rings. The van der Waals surface area contributed by atoms with Gasteiger partial charge in [0.15, 0.2) is 6.61 Å². The Labute approximate surface area is 171 Å². The summed E-state index contributed by atoms with van der Waals surface area (Å²) in [5.41, 5.74) is 4.77. The summed E-state index contributed by atoms with van der Waals surface area (Å²) in [6.07, 6.45) is 4.88. The molecule has 0 saturated carbocycles. The average molecular weight is 410 g/mol. The number of esters is 1. The number of benzene rings is 1. The van der Waals surface area contributed by atoms with Crippen LogP contribution >= 0.6 is 11.6 Å². The molecule has 146 valence electrons. The Morgan fingerprint density at radius 1 is 1.14 bits per heavy atom. The van der Waals surface area contributed by atoms with Crippen molar-refractivity contribution in [1.82, 2.24) is 15.4 Å². The number of hydrogen-bond donors (Lipinski definition) is 1. The standard InChI is InChI=1S/C21H16ClN3O4/c22-15-8-6-14(7-9-15)17-12-18(19-5-3-11-28-19)25(24-17)20(26)13-29-21(27)16-4-1-2-10-23-16/h1-12,18,24H,13H2/t18-/m0/s1. The second-order valence-corrected chi connectivity index (χ2v) is 6.65. The van der Waals surface area contributed by atoms with E-state index in [9.17, 15) is 9.59 Å². The fraction of sp³-hybridized carbons (Fsp3) is 0.0952. The molecule has 8 heteroatoms. The van der Waals surface area contributed by atoms with Crippen LogP contribution in [0.3, 0.4) is 0 Å². The highest BCUT2D eigenvalue weighted by Gasteiger charge is 2.33. The van der Waals surface area contributed by atoms with Gasteiger partial charge in [0.1, 0.15) is 17.5 Å². The molecule has 3 heterocycles. The van der Waals surface area contributed by atoms with Crippen molar-refractivity contribution in [3.8, 4) is 0 Å². The molecule has 0 saturated heterocycles. The Morgan fingerprint density at radius 2 is 1.97 bits per heavy atom. The van der Waals surface area contributed by atoms with Crippen molar-refractivity contribution < 1.29 is 18.7 Å². The first-order chi connectivity index (χ1) is 14.1. The maximum atomic E-state index is 12.8. The average Bonchev–Trinajstić information content (AvgIpc) is 3.43. The van der Waals surface area contributed by atoms with E-state index in [2.05, 4.69) is 10.4 Å². The van der Waals surface area contributed by atoms with Crippen LogP contribution in [0.5, 0.6) is 0 Å². The van der Waals surface area contributed by atoms with E-state index in [0.717, 1.165) is 5.56 Å². The number of amides is 1. The minimum Gasteiger partial charge on any atom is -0.467 e. The number of aromatic nitrogens is 1. The Kier molecular flexibility index (Phi) is 5.31. The quantitative estimate of drug-likeness (QED) is 0.648. The van der Waals surface area contributed by atoms with Crippen molar-refractivity contribution in [2.24, 2.45) is 0 Å². The molecule has 0 unspecified atom stereocenters. The zero-order valence-corrected chi connectivity index (χ0v) is 15.9. The van der Waals surface area contributed by atoms with Gasteiger partial charge in [-0.15, -0.1) is 0 Å². The molecule has 0 bridgehead atoms. The lowest BCUT2D eigenvalue weighted by molar-refractivity contribution is -0.138. The molecule has 4 rings (SSSR count). The molecular weight excluding hydrogens is 394 g/mol. The van der Waals surface area contributed by atoms with Gasteiger partial charge in [0.2, 0.25) is 0 Å². The Balaban J connectivity index is 1.50. The highest BCUT2D eigenvalue weighted by Crippen LogP contribution is 2.32. The molecule has 1 aromatic carbocycles. The Morgan fingerprint density at radius 3 is 2.66 bits per heavy atom. The summed E-state index contributed by atoms with van der Waals surface area (Å²) in [6, 6.07) is 15.1. The van der Waals surface area contributed by atoms with Crippen molar-refractivity contribution >= 4 is 29.2 Å². The minimum absolute atomic E-state index is 0.136. The molecule has 2 aromatic heterocycles. The van der Waals surface area contributed by atoms with E-state index < -0.39 is 24.5 Å². The van der Waals surface area contributed by atoms with Crippen LogP contribution in [0.15, 0.2) is 77.6 Å². The van der Waals surface area contributed by atoms with E-state index in [1.54, 1.807) is 36.4 Å². The number of ether oxygens (including phenoxy) is 1. The van der Waals surface area contributed by atoms with Crippen LogP contribution in [0.25, 0.3) is 5.70 Å². The first-order valence-corrected chi connectivity index (χ1v) is 9.17. The van der Waals surface area contributed by atoms with E-state index >= 15 is 0 Å². The van der Waals surface area contributed by atoms with Gasteiger partial charge in [-0.25, -0.2) is 14.8 Å². The Bertz CT molecular complexity index is 1030. The number of hydrogen-bond acceptors (Lipinski definition) is 6. The second kappa shape index (κ2) is 8.20. The van der Waals surface area contributed by atoms with Crippen molar-refractivity contribution in [1.29, 1.82) is 0 Å². The predicted octanol–water partition coefficient (Wildman–Crippen LogP) is 3.61. The fourth-order valence-electron chi connectivity index (χ4n) is 2.90. The summed E-state index contributed by atoms with van der Waals surface area (Å²) in [5, 5.41) is 1.98. The summed E-state index contributed by atoms with van der Waals surface area (Å²) in [5.74, 6) is -0.527. The van der Waals surface area contributed by atoms with Gasteiger partial charge in [0.25, 0.3) is 5.91 Å². The number of rotatable bonds is 5. The van der Waals surface area contributed by atoms with Crippen molar-refractivity contribution in [3.05, 3.63) is 95.2 Å². The number of carbonyl (C=O) groups excluding carboxylic acids is 2. The molecule has 7 nitrogen and oxygen atoms in total. The molecule has 0 spiro atoms. The van der Waals surface area contributed by atoms with Crippen molar-refractivity contribution in [2.75, 3.05) is 6.61 Å². The lowest BCUT2D eigenvalue weighted by Gasteiger charge is -2.23. The predicted molar refractivity (Wildman–Crippen MR) is 105 cm³/mol. The summed E-state index contributed by atoms with van der Waals surface area (Å²) in [6.45, 7) is -0.443. The molecule has 0 radical (unpaired) electrons. The Hall–Kier alpha value is -3.58. The third-order valence-corrected chi connectivity index (χ3v) is 4.55. The van der Waals surface area contributed by atoms with Crippen LogP contribution in [0, 0.1) is 0 Å². The topological polar surface area (TPSA) is 84.7 Å². The number of nitrogens with zero attached hydrogens (tertiary/aromatic N) is 2. The molecule has 29 heavy (non-hydrogen) atoms. The molecule has 1 N–H and O–H groups in total. The van der Waals surface area contributed by atoms with Crippen molar-refractivity contribution in [3.63, 3.8) is 0 Å². The van der Waals surface area contributed by atoms with Gasteiger partial charge in [-0.2, -0.15) is 0 Å². The molecule has 3 aromatic rings. The lowest BCUT2D eigenvalue weighted by atomic mass is 10.1. The van der Waals surface area contributed by atoms with Gasteiger partial charge < -0.3 is 9.15 Å². The largest absolute Gasteiger partial charge is 0.467 e. The van der Waals surface area contributed by atoms with E-state index in [4.69, 9.17) is 20.8 Å². The smallest absolute Gasteiger partial charge is 0.357 e. The van der Waals surface area contributed by atoms with E-state index in [1.807, 2.05) is 18.2 Å². The van der Waals surface area contributed by atoms with Gasteiger partial charge in [0.05, 0.1) is 12.0 Å². The maximum absolute atomic E-state index is 12.8. The summed E-state index contributed by atoms with van der Waals surface area (Å²) >= 11 is 5.96. The minimum atomic E-state index is -0.668. The fourth-order valence-corrected chi connectivity index (χ4v) is 3.03. The van der Waals surface area contributed by atoms with E-state index in [-0.39, 0.29) is 5.69 Å². The molecule has 0 fully saturated rings. The molecular formula is C21H16ClN3O4. The van der Waals surface area contributed by atoms with Crippen LogP contribution in [0.1, 0.15) is 27.9 Å². The van der Waals surface area contributed by atoms with Gasteiger partial charge in [-0.1, -0.05) is 29.8 Å². The molecule has 1 aliphatic heterocycles. The maximum Gasteiger partial charge on any atom is 0.357 e. The molecule has 1 atom stereocenters. The monoisotopic (exact) mass is 409 g/mol. The highest BCUT2D eigenvalue weighted by molar-refractivity contribution is 6.30. The van der Waals surface area contributed by atoms with Crippen molar-refractivity contribution in [2.45, 2.75) is 6.04 Å². The van der Waals surface area contributed by atoms with E-state index in [0.29, 0.717) is 16.5 Å². The van der Waals surface area contributed by atoms with E-state index in [1.165, 1.54) is 23.5 Å². The first kappa shape index (κ1) is 18.8. The SMILES string of the molecule is O=C(OCC(=O)N1NC(c2ccc(Cl)cc2)=C[C@H]1c1ccco1)c1ccccn1. The van der Waals surface area contributed by atoms with Crippen LogP contribution < -0.4 is 5.43 Å². The van der Waals surface area contributed by atoms with Gasteiger partial charge in [-0.05, 0) is 48.0 Å². The second-order valence-electron chi connectivity index (χ2n) is 6.21. The number of hydrazine groups is 1. The summed E-state index contributed by atoms with van der Waals surface area (Å²) in [4.78, 5) is 28.8. The van der Waals surface area contributed by atoms with Gasteiger partial charge in [-0.3, -0.25) is 10.2 Å².